The Morgan fingerprint density at radius 3 is 2.22 bits per heavy atom. The fraction of sp³-hybridized carbons (Fsp3) is 0.208. The Labute approximate surface area is 192 Å². The highest BCUT2D eigenvalue weighted by molar-refractivity contribution is 7.98. The van der Waals surface area contributed by atoms with Crippen LogP contribution in [0.1, 0.15) is 24.1 Å². The average molecular weight is 473 g/mol. The number of hydrogen-bond acceptors (Lipinski definition) is 4. The second-order valence-electron chi connectivity index (χ2n) is 7.27. The van der Waals surface area contributed by atoms with E-state index < -0.39 is 21.7 Å². The zero-order chi connectivity index (χ0) is 23.1. The fourth-order valence-electron chi connectivity index (χ4n) is 3.18. The van der Waals surface area contributed by atoms with Crippen LogP contribution in [0.5, 0.6) is 0 Å². The van der Waals surface area contributed by atoms with Crippen molar-refractivity contribution in [2.24, 2.45) is 0 Å². The summed E-state index contributed by atoms with van der Waals surface area (Å²) in [6, 6.07) is 21.0. The molecule has 3 rings (SSSR count). The minimum absolute atomic E-state index is 0.0538. The summed E-state index contributed by atoms with van der Waals surface area (Å²) in [5.41, 5.74) is 1.51. The quantitative estimate of drug-likeness (QED) is 0.462. The second-order valence-corrected chi connectivity index (χ2v) is 10.1. The Bertz CT molecular complexity index is 1140. The first-order valence-electron chi connectivity index (χ1n) is 10.0. The summed E-state index contributed by atoms with van der Waals surface area (Å²) in [5.74, 6) is -0.835. The maximum atomic E-state index is 13.3. The number of halogens is 1. The van der Waals surface area contributed by atoms with E-state index in [1.54, 1.807) is 30.0 Å². The van der Waals surface area contributed by atoms with Gasteiger partial charge in [0.1, 0.15) is 5.82 Å². The number of carbonyl (C=O) groups is 1. The molecule has 0 fully saturated rings. The smallest absolute Gasteiger partial charge is 0.243 e. The van der Waals surface area contributed by atoms with E-state index in [1.165, 1.54) is 36.4 Å². The van der Waals surface area contributed by atoms with Crippen molar-refractivity contribution in [3.8, 4) is 0 Å². The van der Waals surface area contributed by atoms with Gasteiger partial charge in [0.2, 0.25) is 15.9 Å². The topological polar surface area (TPSA) is 66.5 Å². The van der Waals surface area contributed by atoms with Crippen molar-refractivity contribution in [3.63, 3.8) is 0 Å². The van der Waals surface area contributed by atoms with Gasteiger partial charge in [-0.2, -0.15) is 4.31 Å². The molecule has 3 aromatic carbocycles. The van der Waals surface area contributed by atoms with E-state index in [-0.39, 0.29) is 24.0 Å². The van der Waals surface area contributed by atoms with Crippen molar-refractivity contribution >= 4 is 27.7 Å². The van der Waals surface area contributed by atoms with Gasteiger partial charge in [-0.05, 0) is 60.7 Å². The van der Waals surface area contributed by atoms with Crippen LogP contribution in [0.15, 0.2) is 88.7 Å². The number of nitrogens with one attached hydrogen (secondary N) is 1. The molecule has 0 aliphatic carbocycles. The molecule has 0 heterocycles. The Hall–Kier alpha value is -2.68. The Balaban J connectivity index is 1.79. The zero-order valence-corrected chi connectivity index (χ0v) is 19.5. The molecule has 0 bridgehead atoms. The minimum atomic E-state index is -3.94. The molecule has 0 spiro atoms. The number of sulfonamides is 1. The highest BCUT2D eigenvalue weighted by Gasteiger charge is 2.27. The summed E-state index contributed by atoms with van der Waals surface area (Å²) in [4.78, 5) is 14.0. The first-order valence-corrected chi connectivity index (χ1v) is 12.7. The van der Waals surface area contributed by atoms with Gasteiger partial charge in [-0.3, -0.25) is 4.79 Å². The number of hydrogen-bond donors (Lipinski definition) is 1. The lowest BCUT2D eigenvalue weighted by molar-refractivity contribution is -0.122. The number of amides is 1. The molecule has 0 aromatic heterocycles. The number of benzene rings is 3. The summed E-state index contributed by atoms with van der Waals surface area (Å²) in [5, 5.41) is 2.87. The molecule has 5 nitrogen and oxygen atoms in total. The van der Waals surface area contributed by atoms with Crippen LogP contribution in [0.25, 0.3) is 0 Å². The Kier molecular flexibility index (Phi) is 8.06. The van der Waals surface area contributed by atoms with Crippen LogP contribution in [0.2, 0.25) is 0 Å². The van der Waals surface area contributed by atoms with E-state index >= 15 is 0 Å². The molecule has 3 aromatic rings. The van der Waals surface area contributed by atoms with Gasteiger partial charge in [0.25, 0.3) is 0 Å². The normalized spacial score (nSPS) is 12.5. The van der Waals surface area contributed by atoms with Crippen molar-refractivity contribution in [1.82, 2.24) is 9.62 Å². The Morgan fingerprint density at radius 1 is 1.00 bits per heavy atom. The molecular weight excluding hydrogens is 447 g/mol. The number of carbonyl (C=O) groups excluding carboxylic acids is 1. The lowest BCUT2D eigenvalue weighted by Gasteiger charge is -2.23. The molecule has 32 heavy (non-hydrogen) atoms. The number of nitrogens with zero attached hydrogens (tertiary/aromatic N) is 1. The monoisotopic (exact) mass is 472 g/mol. The van der Waals surface area contributed by atoms with Gasteiger partial charge in [0.05, 0.1) is 17.5 Å². The first kappa shape index (κ1) is 24.0. The van der Waals surface area contributed by atoms with Gasteiger partial charge in [-0.15, -0.1) is 11.8 Å². The maximum absolute atomic E-state index is 13.3. The first-order chi connectivity index (χ1) is 15.3. The molecule has 0 radical (unpaired) electrons. The predicted octanol–water partition coefficient (Wildman–Crippen LogP) is 4.62. The van der Waals surface area contributed by atoms with Crippen molar-refractivity contribution in [2.45, 2.75) is 29.3 Å². The van der Waals surface area contributed by atoms with Gasteiger partial charge in [-0.1, -0.05) is 42.5 Å². The minimum Gasteiger partial charge on any atom is -0.348 e. The molecule has 0 saturated carbocycles. The predicted molar refractivity (Wildman–Crippen MR) is 125 cm³/mol. The fourth-order valence-corrected chi connectivity index (χ4v) is 5.00. The van der Waals surface area contributed by atoms with Crippen LogP contribution in [0.3, 0.4) is 0 Å². The molecule has 0 aliphatic heterocycles. The molecule has 168 valence electrons. The highest BCUT2D eigenvalue weighted by Crippen LogP contribution is 2.21. The third kappa shape index (κ3) is 6.18. The van der Waals surface area contributed by atoms with Crippen LogP contribution in [-0.4, -0.2) is 31.4 Å². The van der Waals surface area contributed by atoms with Gasteiger partial charge in [0, 0.05) is 11.4 Å². The van der Waals surface area contributed by atoms with Crippen LogP contribution < -0.4 is 5.32 Å². The van der Waals surface area contributed by atoms with Gasteiger partial charge in [-0.25, -0.2) is 12.8 Å². The lowest BCUT2D eigenvalue weighted by atomic mass is 10.1. The average Bonchev–Trinajstić information content (AvgIpc) is 2.80. The van der Waals surface area contributed by atoms with Gasteiger partial charge < -0.3 is 5.32 Å². The van der Waals surface area contributed by atoms with E-state index in [2.05, 4.69) is 5.32 Å². The largest absolute Gasteiger partial charge is 0.348 e. The van der Waals surface area contributed by atoms with E-state index in [0.29, 0.717) is 5.56 Å². The third-order valence-electron chi connectivity index (χ3n) is 4.97. The molecule has 0 aliphatic rings. The second kappa shape index (κ2) is 10.8. The highest BCUT2D eigenvalue weighted by atomic mass is 32.2. The van der Waals surface area contributed by atoms with Gasteiger partial charge in [0.15, 0.2) is 0 Å². The van der Waals surface area contributed by atoms with Crippen molar-refractivity contribution in [3.05, 3.63) is 95.8 Å². The van der Waals surface area contributed by atoms with E-state index in [1.807, 2.05) is 37.4 Å². The zero-order valence-electron chi connectivity index (χ0n) is 17.9. The van der Waals surface area contributed by atoms with E-state index in [0.717, 1.165) is 14.8 Å². The van der Waals surface area contributed by atoms with Crippen LogP contribution >= 0.6 is 11.8 Å². The summed E-state index contributed by atoms with van der Waals surface area (Å²) >= 11 is 1.63. The molecule has 8 heteroatoms. The number of thioether (sulfide) groups is 1. The summed E-state index contributed by atoms with van der Waals surface area (Å²) < 4.78 is 40.9. The summed E-state index contributed by atoms with van der Waals surface area (Å²) in [6.07, 6.45) is 1.99. The molecule has 0 unspecified atom stereocenters. The van der Waals surface area contributed by atoms with Crippen molar-refractivity contribution in [1.29, 1.82) is 0 Å². The molecular formula is C24H25FN2O3S2. The van der Waals surface area contributed by atoms with E-state index in [9.17, 15) is 17.6 Å². The Morgan fingerprint density at radius 2 is 1.62 bits per heavy atom. The molecule has 0 saturated heterocycles. The standard InChI is InChI=1S/C24H25FN2O3S2/c1-18(20-10-14-22(31-2)15-11-20)26-24(28)17-27(16-19-8-12-21(25)13-9-19)32(29,30)23-6-4-3-5-7-23/h3-15,18H,16-17H2,1-2H3,(H,26,28)/t18-/m0/s1. The van der Waals surface area contributed by atoms with Crippen molar-refractivity contribution < 1.29 is 17.6 Å². The van der Waals surface area contributed by atoms with Gasteiger partial charge >= 0.3 is 0 Å². The summed E-state index contributed by atoms with van der Waals surface area (Å²) in [6.45, 7) is 1.44. The number of rotatable bonds is 9. The molecule has 1 N–H and O–H groups in total. The van der Waals surface area contributed by atoms with Crippen LogP contribution in [-0.2, 0) is 21.4 Å². The van der Waals surface area contributed by atoms with Crippen LogP contribution in [0.4, 0.5) is 4.39 Å². The summed E-state index contributed by atoms with van der Waals surface area (Å²) in [7, 11) is -3.94. The maximum Gasteiger partial charge on any atom is 0.243 e. The molecule has 1 amide bonds. The third-order valence-corrected chi connectivity index (χ3v) is 7.52. The SMILES string of the molecule is CSc1ccc([C@H](C)NC(=O)CN(Cc2ccc(F)cc2)S(=O)(=O)c2ccccc2)cc1. The molecule has 1 atom stereocenters. The lowest BCUT2D eigenvalue weighted by Crippen LogP contribution is -2.41. The van der Waals surface area contributed by atoms with Crippen molar-refractivity contribution in [2.75, 3.05) is 12.8 Å². The van der Waals surface area contributed by atoms with E-state index in [4.69, 9.17) is 0 Å². The van der Waals surface area contributed by atoms with Crippen LogP contribution in [0, 0.1) is 5.82 Å².